The third-order valence-corrected chi connectivity index (χ3v) is 4.29. The first kappa shape index (κ1) is 17.6. The van der Waals surface area contributed by atoms with Crippen molar-refractivity contribution in [2.75, 3.05) is 5.32 Å². The van der Waals surface area contributed by atoms with Crippen LogP contribution in [-0.4, -0.2) is 30.5 Å². The van der Waals surface area contributed by atoms with Crippen LogP contribution in [-0.2, 0) is 11.3 Å². The smallest absolute Gasteiger partial charge is 0.284 e. The van der Waals surface area contributed by atoms with Gasteiger partial charge in [0, 0.05) is 5.69 Å². The van der Waals surface area contributed by atoms with E-state index in [0.717, 1.165) is 16.8 Å². The van der Waals surface area contributed by atoms with Crippen molar-refractivity contribution in [1.29, 1.82) is 0 Å². The summed E-state index contributed by atoms with van der Waals surface area (Å²) in [4.78, 5) is 29.3. The Kier molecular flexibility index (Phi) is 4.44. The summed E-state index contributed by atoms with van der Waals surface area (Å²) in [6.07, 6.45) is 1.34. The molecule has 2 heterocycles. The van der Waals surface area contributed by atoms with Gasteiger partial charge in [0.1, 0.15) is 12.9 Å². The molecule has 8 nitrogen and oxygen atoms in total. The van der Waals surface area contributed by atoms with Crippen molar-refractivity contribution in [3.63, 3.8) is 0 Å². The Bertz CT molecular complexity index is 1240. The minimum atomic E-state index is -0.414. The van der Waals surface area contributed by atoms with Crippen molar-refractivity contribution in [2.24, 2.45) is 0 Å². The summed E-state index contributed by atoms with van der Waals surface area (Å²) in [6, 6.07) is 15.1. The zero-order valence-electron chi connectivity index (χ0n) is 15.5. The lowest BCUT2D eigenvalue weighted by molar-refractivity contribution is -0.116. The minimum Gasteiger partial charge on any atom is -0.325 e. The molecule has 0 saturated heterocycles. The number of aryl methyl sites for hydroxylation is 2. The number of hydrogen-bond acceptors (Lipinski definition) is 5. The Labute approximate surface area is 160 Å². The predicted molar refractivity (Wildman–Crippen MR) is 105 cm³/mol. The Morgan fingerprint density at radius 1 is 1.07 bits per heavy atom. The van der Waals surface area contributed by atoms with E-state index in [1.165, 1.54) is 15.6 Å². The molecule has 0 saturated carbocycles. The molecule has 4 aromatic rings. The molecule has 140 valence electrons. The highest BCUT2D eigenvalue weighted by atomic mass is 16.2. The van der Waals surface area contributed by atoms with Gasteiger partial charge in [-0.1, -0.05) is 29.5 Å². The fourth-order valence-electron chi connectivity index (χ4n) is 2.97. The highest BCUT2D eigenvalue weighted by Crippen LogP contribution is 2.13. The normalized spacial score (nSPS) is 10.9. The molecule has 1 N–H and O–H groups in total. The molecule has 0 bridgehead atoms. The zero-order chi connectivity index (χ0) is 19.7. The fourth-order valence-corrected chi connectivity index (χ4v) is 2.97. The van der Waals surface area contributed by atoms with E-state index < -0.39 is 5.56 Å². The van der Waals surface area contributed by atoms with Crippen molar-refractivity contribution in [3.05, 3.63) is 76.3 Å². The third kappa shape index (κ3) is 3.39. The predicted octanol–water partition coefficient (Wildman–Crippen LogP) is 2.23. The van der Waals surface area contributed by atoms with Crippen LogP contribution in [0.3, 0.4) is 0 Å². The topological polar surface area (TPSA) is 94.7 Å². The van der Waals surface area contributed by atoms with E-state index in [1.54, 1.807) is 6.07 Å². The number of fused-ring (bicyclic) bond motifs is 1. The zero-order valence-corrected chi connectivity index (χ0v) is 15.5. The van der Waals surface area contributed by atoms with Gasteiger partial charge in [0.25, 0.3) is 5.56 Å². The fraction of sp³-hybridized carbons (Fsp3) is 0.150. The number of rotatable bonds is 4. The molecule has 0 atom stereocenters. The van der Waals surface area contributed by atoms with Crippen molar-refractivity contribution < 1.29 is 4.79 Å². The quantitative estimate of drug-likeness (QED) is 0.591. The van der Waals surface area contributed by atoms with Gasteiger partial charge in [0.05, 0.1) is 5.69 Å². The summed E-state index contributed by atoms with van der Waals surface area (Å²) in [6.45, 7) is 3.75. The number of hydrogen-bond donors (Lipinski definition) is 1. The first-order valence-electron chi connectivity index (χ1n) is 8.76. The standard InChI is InChI=1S/C20H18N6O2/c1-13-5-3-7-15(9-13)22-17(27)11-25-12-21-19-18(20(25)28)23-24-26(19)16-8-4-6-14(2)10-16/h3-10,12H,11H2,1-2H3,(H,22,27). The highest BCUT2D eigenvalue weighted by Gasteiger charge is 2.15. The molecule has 4 rings (SSSR count). The van der Waals surface area contributed by atoms with Gasteiger partial charge in [0.15, 0.2) is 11.2 Å². The van der Waals surface area contributed by atoms with Crippen molar-refractivity contribution in [1.82, 2.24) is 24.5 Å². The second kappa shape index (κ2) is 7.07. The summed E-state index contributed by atoms with van der Waals surface area (Å²) in [7, 11) is 0. The average Bonchev–Trinajstić information content (AvgIpc) is 3.09. The number of amides is 1. The Morgan fingerprint density at radius 3 is 2.57 bits per heavy atom. The van der Waals surface area contributed by atoms with Gasteiger partial charge in [-0.3, -0.25) is 14.2 Å². The summed E-state index contributed by atoms with van der Waals surface area (Å²) < 4.78 is 2.74. The van der Waals surface area contributed by atoms with E-state index in [2.05, 4.69) is 20.6 Å². The van der Waals surface area contributed by atoms with Crippen molar-refractivity contribution in [3.8, 4) is 5.69 Å². The van der Waals surface area contributed by atoms with Crippen LogP contribution in [0.25, 0.3) is 16.9 Å². The molecule has 28 heavy (non-hydrogen) atoms. The molecule has 0 aliphatic rings. The number of nitrogens with one attached hydrogen (secondary N) is 1. The summed E-state index contributed by atoms with van der Waals surface area (Å²) in [5.41, 5.74) is 3.59. The summed E-state index contributed by atoms with van der Waals surface area (Å²) in [5.74, 6) is -0.320. The first-order chi connectivity index (χ1) is 13.5. The number of anilines is 1. The first-order valence-corrected chi connectivity index (χ1v) is 8.76. The second-order valence-corrected chi connectivity index (χ2v) is 6.61. The van der Waals surface area contributed by atoms with Gasteiger partial charge >= 0.3 is 0 Å². The second-order valence-electron chi connectivity index (χ2n) is 6.61. The molecule has 0 fully saturated rings. The van der Waals surface area contributed by atoms with E-state index in [-0.39, 0.29) is 18.0 Å². The Balaban J connectivity index is 1.62. The number of aromatic nitrogens is 5. The molecule has 0 unspecified atom stereocenters. The van der Waals surface area contributed by atoms with Gasteiger partial charge < -0.3 is 5.32 Å². The van der Waals surface area contributed by atoms with Crippen LogP contribution >= 0.6 is 0 Å². The van der Waals surface area contributed by atoms with E-state index in [0.29, 0.717) is 11.3 Å². The molecule has 0 aliphatic heterocycles. The van der Waals surface area contributed by atoms with Crippen molar-refractivity contribution >= 4 is 22.8 Å². The molecular weight excluding hydrogens is 356 g/mol. The van der Waals surface area contributed by atoms with Crippen LogP contribution in [0, 0.1) is 13.8 Å². The monoisotopic (exact) mass is 374 g/mol. The van der Waals surface area contributed by atoms with Gasteiger partial charge in [-0.25, -0.2) is 4.98 Å². The lowest BCUT2D eigenvalue weighted by Crippen LogP contribution is -2.28. The van der Waals surface area contributed by atoms with Crippen LogP contribution in [0.1, 0.15) is 11.1 Å². The Morgan fingerprint density at radius 2 is 1.82 bits per heavy atom. The van der Waals surface area contributed by atoms with E-state index in [4.69, 9.17) is 0 Å². The van der Waals surface area contributed by atoms with E-state index in [9.17, 15) is 9.59 Å². The maximum absolute atomic E-state index is 12.7. The summed E-state index contributed by atoms with van der Waals surface area (Å²) >= 11 is 0. The number of benzene rings is 2. The highest BCUT2D eigenvalue weighted by molar-refractivity contribution is 5.90. The van der Waals surface area contributed by atoms with Crippen LogP contribution in [0.5, 0.6) is 0 Å². The van der Waals surface area contributed by atoms with E-state index in [1.807, 2.05) is 56.3 Å². The number of nitrogens with zero attached hydrogens (tertiary/aromatic N) is 5. The maximum Gasteiger partial charge on any atom is 0.284 e. The van der Waals surface area contributed by atoms with Gasteiger partial charge in [-0.2, -0.15) is 4.68 Å². The molecule has 1 amide bonds. The van der Waals surface area contributed by atoms with Crippen LogP contribution in [0.15, 0.2) is 59.7 Å². The molecular formula is C20H18N6O2. The van der Waals surface area contributed by atoms with Gasteiger partial charge in [-0.15, -0.1) is 5.10 Å². The van der Waals surface area contributed by atoms with Crippen molar-refractivity contribution in [2.45, 2.75) is 20.4 Å². The molecule has 8 heteroatoms. The third-order valence-electron chi connectivity index (χ3n) is 4.29. The minimum absolute atomic E-state index is 0.118. The van der Waals surface area contributed by atoms with Crippen LogP contribution in [0.2, 0.25) is 0 Å². The largest absolute Gasteiger partial charge is 0.325 e. The van der Waals surface area contributed by atoms with E-state index >= 15 is 0 Å². The molecule has 2 aromatic heterocycles. The Hall–Kier alpha value is -3.81. The van der Waals surface area contributed by atoms with Gasteiger partial charge in [-0.05, 0) is 49.2 Å². The SMILES string of the molecule is Cc1cccc(NC(=O)Cn2cnc3c(nnn3-c3cccc(C)c3)c2=O)c1. The molecule has 0 aliphatic carbocycles. The number of carbonyl (C=O) groups is 1. The van der Waals surface area contributed by atoms with Gasteiger partial charge in [0.2, 0.25) is 5.91 Å². The number of carbonyl (C=O) groups excluding carboxylic acids is 1. The maximum atomic E-state index is 12.7. The lowest BCUT2D eigenvalue weighted by Gasteiger charge is -2.08. The van der Waals surface area contributed by atoms with Crippen LogP contribution in [0.4, 0.5) is 5.69 Å². The molecule has 0 spiro atoms. The van der Waals surface area contributed by atoms with Crippen LogP contribution < -0.4 is 10.9 Å². The molecule has 2 aromatic carbocycles. The molecule has 0 radical (unpaired) electrons. The summed E-state index contributed by atoms with van der Waals surface area (Å²) in [5, 5.41) is 10.8. The lowest BCUT2D eigenvalue weighted by atomic mass is 10.2. The average molecular weight is 374 g/mol.